The topological polar surface area (TPSA) is 35.2 Å². The molecule has 0 fully saturated rings. The molecule has 2 nitrogen and oxygen atoms in total. The summed E-state index contributed by atoms with van der Waals surface area (Å²) in [6.07, 6.45) is 6.30. The summed E-state index contributed by atoms with van der Waals surface area (Å²) in [7, 11) is 0. The zero-order valence-electron chi connectivity index (χ0n) is 12.6. The maximum atomic E-state index is 5.64. The third-order valence-electron chi connectivity index (χ3n) is 3.29. The molecule has 0 aromatic heterocycles. The fourth-order valence-corrected chi connectivity index (χ4v) is 2.25. The fraction of sp³-hybridized carbons (Fsp3) is 0.263. The monoisotopic (exact) mass is 281 g/mol. The third-order valence-corrected chi connectivity index (χ3v) is 3.29. The number of hydrogen-bond donors (Lipinski definition) is 1. The molecule has 110 valence electrons. The Morgan fingerprint density at radius 2 is 1.90 bits per heavy atom. The average molecular weight is 281 g/mol. The minimum absolute atomic E-state index is 0.680. The molecule has 0 saturated heterocycles. The van der Waals surface area contributed by atoms with Crippen LogP contribution in [0.15, 0.2) is 48.5 Å². The first-order chi connectivity index (χ1) is 10.3. The molecule has 2 aromatic rings. The number of rotatable bonds is 7. The van der Waals surface area contributed by atoms with Crippen LogP contribution >= 0.6 is 0 Å². The van der Waals surface area contributed by atoms with Gasteiger partial charge >= 0.3 is 0 Å². The van der Waals surface area contributed by atoms with E-state index in [9.17, 15) is 0 Å². The predicted octanol–water partition coefficient (Wildman–Crippen LogP) is 4.15. The largest absolute Gasteiger partial charge is 0.493 e. The van der Waals surface area contributed by atoms with Gasteiger partial charge in [-0.1, -0.05) is 54.6 Å². The third kappa shape index (κ3) is 4.76. The highest BCUT2D eigenvalue weighted by atomic mass is 16.5. The molecule has 0 atom stereocenters. The molecule has 0 aliphatic heterocycles. The van der Waals surface area contributed by atoms with Crippen molar-refractivity contribution in [3.05, 3.63) is 65.2 Å². The Kier molecular flexibility index (Phi) is 6.04. The van der Waals surface area contributed by atoms with Gasteiger partial charge in [-0.25, -0.2) is 0 Å². The molecule has 0 unspecified atom stereocenters. The van der Waals surface area contributed by atoms with Crippen molar-refractivity contribution in [1.29, 1.82) is 0 Å². The van der Waals surface area contributed by atoms with E-state index >= 15 is 0 Å². The van der Waals surface area contributed by atoms with E-state index in [1.807, 2.05) is 25.1 Å². The van der Waals surface area contributed by atoms with Crippen molar-refractivity contribution >= 4 is 12.2 Å². The van der Waals surface area contributed by atoms with E-state index in [0.717, 1.165) is 30.7 Å². The summed E-state index contributed by atoms with van der Waals surface area (Å²) in [5.41, 5.74) is 9.21. The van der Waals surface area contributed by atoms with Gasteiger partial charge in [-0.15, -0.1) is 0 Å². The lowest BCUT2D eigenvalue weighted by Gasteiger charge is -2.06. The maximum Gasteiger partial charge on any atom is 0.126 e. The van der Waals surface area contributed by atoms with Gasteiger partial charge < -0.3 is 10.5 Å². The van der Waals surface area contributed by atoms with Crippen molar-refractivity contribution < 1.29 is 4.74 Å². The van der Waals surface area contributed by atoms with Gasteiger partial charge in [0.15, 0.2) is 0 Å². The molecule has 2 heteroatoms. The van der Waals surface area contributed by atoms with Crippen molar-refractivity contribution in [1.82, 2.24) is 0 Å². The second kappa shape index (κ2) is 8.28. The molecule has 2 aromatic carbocycles. The second-order valence-corrected chi connectivity index (χ2v) is 4.94. The molecule has 0 aliphatic rings. The Labute approximate surface area is 127 Å². The quantitative estimate of drug-likeness (QED) is 0.774. The number of nitrogens with two attached hydrogens (primary N) is 1. The predicted molar refractivity (Wildman–Crippen MR) is 90.4 cm³/mol. The van der Waals surface area contributed by atoms with Crippen molar-refractivity contribution in [3.8, 4) is 5.75 Å². The van der Waals surface area contributed by atoms with Crippen LogP contribution in [0, 0.1) is 0 Å². The number of ether oxygens (including phenoxy) is 1. The molecule has 21 heavy (non-hydrogen) atoms. The summed E-state index contributed by atoms with van der Waals surface area (Å²) >= 11 is 0. The van der Waals surface area contributed by atoms with E-state index in [1.54, 1.807) is 0 Å². The lowest BCUT2D eigenvalue weighted by Crippen LogP contribution is -2.00. The summed E-state index contributed by atoms with van der Waals surface area (Å²) < 4.78 is 5.64. The molecule has 0 aliphatic carbocycles. The lowest BCUT2D eigenvalue weighted by molar-refractivity contribution is 0.339. The van der Waals surface area contributed by atoms with Crippen molar-refractivity contribution in [2.75, 3.05) is 13.2 Å². The SMILES string of the molecule is CCOc1ccccc1C=Cc1cccc(CCCN)c1. The minimum atomic E-state index is 0.680. The van der Waals surface area contributed by atoms with Crippen LogP contribution in [0.1, 0.15) is 30.0 Å². The normalized spacial score (nSPS) is 11.0. The van der Waals surface area contributed by atoms with Gasteiger partial charge in [0.25, 0.3) is 0 Å². The van der Waals surface area contributed by atoms with Crippen molar-refractivity contribution in [3.63, 3.8) is 0 Å². The van der Waals surface area contributed by atoms with Gasteiger partial charge in [-0.05, 0) is 43.5 Å². The number of para-hydroxylation sites is 1. The van der Waals surface area contributed by atoms with Crippen LogP contribution < -0.4 is 10.5 Å². The van der Waals surface area contributed by atoms with E-state index in [-0.39, 0.29) is 0 Å². The Balaban J connectivity index is 2.13. The van der Waals surface area contributed by atoms with E-state index in [4.69, 9.17) is 10.5 Å². The van der Waals surface area contributed by atoms with Crippen LogP contribution in [0.5, 0.6) is 5.75 Å². The highest BCUT2D eigenvalue weighted by Crippen LogP contribution is 2.21. The van der Waals surface area contributed by atoms with Crippen molar-refractivity contribution in [2.45, 2.75) is 19.8 Å². The summed E-state index contributed by atoms with van der Waals surface area (Å²) in [5, 5.41) is 0. The summed E-state index contributed by atoms with van der Waals surface area (Å²) in [6, 6.07) is 16.7. The van der Waals surface area contributed by atoms with Crippen LogP contribution in [-0.2, 0) is 6.42 Å². The molecule has 0 amide bonds. The molecular weight excluding hydrogens is 258 g/mol. The van der Waals surface area contributed by atoms with Gasteiger partial charge in [-0.3, -0.25) is 0 Å². The molecule has 0 saturated carbocycles. The summed E-state index contributed by atoms with van der Waals surface area (Å²) in [5.74, 6) is 0.926. The Morgan fingerprint density at radius 1 is 1.05 bits per heavy atom. The number of aryl methyl sites for hydroxylation is 1. The van der Waals surface area contributed by atoms with Gasteiger partial charge in [0.2, 0.25) is 0 Å². The molecule has 2 N–H and O–H groups in total. The Hall–Kier alpha value is -2.06. The van der Waals surface area contributed by atoms with Crippen LogP contribution in [0.25, 0.3) is 12.2 Å². The maximum absolute atomic E-state index is 5.64. The zero-order chi connectivity index (χ0) is 14.9. The zero-order valence-corrected chi connectivity index (χ0v) is 12.6. The molecule has 0 bridgehead atoms. The fourth-order valence-electron chi connectivity index (χ4n) is 2.25. The van der Waals surface area contributed by atoms with Crippen LogP contribution in [-0.4, -0.2) is 13.2 Å². The molecule has 0 spiro atoms. The first-order valence-electron chi connectivity index (χ1n) is 7.52. The molecule has 2 rings (SSSR count). The first-order valence-corrected chi connectivity index (χ1v) is 7.52. The first kappa shape index (κ1) is 15.3. The summed E-state index contributed by atoms with van der Waals surface area (Å²) in [4.78, 5) is 0. The van der Waals surface area contributed by atoms with Crippen LogP contribution in [0.4, 0.5) is 0 Å². The van der Waals surface area contributed by atoms with Crippen molar-refractivity contribution in [2.24, 2.45) is 5.73 Å². The molecular formula is C19H23NO. The van der Waals surface area contributed by atoms with Gasteiger partial charge in [0.1, 0.15) is 5.75 Å². The number of hydrogen-bond acceptors (Lipinski definition) is 2. The van der Waals surface area contributed by atoms with E-state index < -0.39 is 0 Å². The second-order valence-electron chi connectivity index (χ2n) is 4.94. The smallest absolute Gasteiger partial charge is 0.126 e. The van der Waals surface area contributed by atoms with Gasteiger partial charge in [-0.2, -0.15) is 0 Å². The Morgan fingerprint density at radius 3 is 2.71 bits per heavy atom. The highest BCUT2D eigenvalue weighted by Gasteiger charge is 1.98. The minimum Gasteiger partial charge on any atom is -0.493 e. The van der Waals surface area contributed by atoms with E-state index in [0.29, 0.717) is 6.61 Å². The highest BCUT2D eigenvalue weighted by molar-refractivity contribution is 5.72. The summed E-state index contributed by atoms with van der Waals surface area (Å²) in [6.45, 7) is 3.42. The average Bonchev–Trinajstić information content (AvgIpc) is 2.53. The van der Waals surface area contributed by atoms with E-state index in [1.165, 1.54) is 11.1 Å². The lowest BCUT2D eigenvalue weighted by atomic mass is 10.1. The van der Waals surface area contributed by atoms with E-state index in [2.05, 4.69) is 42.5 Å². The molecule has 0 heterocycles. The molecule has 0 radical (unpaired) electrons. The Bertz CT molecular complexity index is 590. The van der Waals surface area contributed by atoms with Crippen LogP contribution in [0.2, 0.25) is 0 Å². The van der Waals surface area contributed by atoms with Crippen LogP contribution in [0.3, 0.4) is 0 Å². The van der Waals surface area contributed by atoms with Gasteiger partial charge in [0, 0.05) is 5.56 Å². The number of benzene rings is 2. The standard InChI is InChI=1S/C19H23NO/c1-2-21-19-11-4-3-10-18(19)13-12-17-8-5-7-16(15-17)9-6-14-20/h3-5,7-8,10-13,15H,2,6,9,14,20H2,1H3. The van der Waals surface area contributed by atoms with Gasteiger partial charge in [0.05, 0.1) is 6.61 Å².